The third kappa shape index (κ3) is 3.51. The van der Waals surface area contributed by atoms with E-state index in [0.29, 0.717) is 0 Å². The van der Waals surface area contributed by atoms with Crippen molar-refractivity contribution in [1.82, 2.24) is 4.90 Å². The zero-order valence-corrected chi connectivity index (χ0v) is 9.13. The first-order valence-corrected chi connectivity index (χ1v) is 5.79. The van der Waals surface area contributed by atoms with Gasteiger partial charge in [-0.1, -0.05) is 26.0 Å². The minimum absolute atomic E-state index is 0.744. The van der Waals surface area contributed by atoms with E-state index >= 15 is 0 Å². The van der Waals surface area contributed by atoms with Crippen molar-refractivity contribution in [3.8, 4) is 0 Å². The predicted molar refractivity (Wildman–Crippen MR) is 58.9 cm³/mol. The van der Waals surface area contributed by atoms with E-state index in [-0.39, 0.29) is 0 Å². The molecule has 1 heteroatoms. The van der Waals surface area contributed by atoms with Crippen molar-refractivity contribution < 1.29 is 0 Å². The number of nitrogens with zero attached hydrogens (tertiary/aromatic N) is 1. The van der Waals surface area contributed by atoms with Gasteiger partial charge in [0.05, 0.1) is 0 Å². The Kier molecular flexibility index (Phi) is 5.14. The minimum Gasteiger partial charge on any atom is -0.297 e. The van der Waals surface area contributed by atoms with Gasteiger partial charge in [-0.25, -0.2) is 0 Å². The average molecular weight is 181 g/mol. The predicted octanol–water partition coefficient (Wildman–Crippen LogP) is 3.22. The van der Waals surface area contributed by atoms with Gasteiger partial charge in [0, 0.05) is 6.04 Å². The SMILES string of the molecule is CCCN(CCC)[C@H]1C=CCCC1. The monoisotopic (exact) mass is 181 g/mol. The molecule has 0 unspecified atom stereocenters. The molecule has 1 rings (SSSR count). The van der Waals surface area contributed by atoms with Crippen LogP contribution < -0.4 is 0 Å². The fourth-order valence-corrected chi connectivity index (χ4v) is 2.12. The van der Waals surface area contributed by atoms with Gasteiger partial charge < -0.3 is 0 Å². The fourth-order valence-electron chi connectivity index (χ4n) is 2.12. The Labute approximate surface area is 82.8 Å². The van der Waals surface area contributed by atoms with Crippen LogP contribution in [0.15, 0.2) is 12.2 Å². The average Bonchev–Trinajstić information content (AvgIpc) is 2.19. The highest BCUT2D eigenvalue weighted by molar-refractivity contribution is 4.98. The Morgan fingerprint density at radius 1 is 1.23 bits per heavy atom. The van der Waals surface area contributed by atoms with Crippen LogP contribution in [0.1, 0.15) is 46.0 Å². The van der Waals surface area contributed by atoms with Crippen molar-refractivity contribution in [2.75, 3.05) is 13.1 Å². The summed E-state index contributed by atoms with van der Waals surface area (Å²) >= 11 is 0. The molecule has 1 atom stereocenters. The van der Waals surface area contributed by atoms with Gasteiger partial charge in [0.1, 0.15) is 0 Å². The molecule has 0 saturated heterocycles. The smallest absolute Gasteiger partial charge is 0.0278 e. The highest BCUT2D eigenvalue weighted by Crippen LogP contribution is 2.16. The quantitative estimate of drug-likeness (QED) is 0.589. The summed E-state index contributed by atoms with van der Waals surface area (Å²) in [6, 6.07) is 0.744. The zero-order valence-electron chi connectivity index (χ0n) is 9.13. The molecule has 0 bridgehead atoms. The number of hydrogen-bond acceptors (Lipinski definition) is 1. The van der Waals surface area contributed by atoms with Gasteiger partial charge in [-0.05, 0) is 45.2 Å². The maximum Gasteiger partial charge on any atom is 0.0278 e. The van der Waals surface area contributed by atoms with Crippen molar-refractivity contribution in [1.29, 1.82) is 0 Å². The fraction of sp³-hybridized carbons (Fsp3) is 0.833. The third-order valence-corrected chi connectivity index (χ3v) is 2.72. The lowest BCUT2D eigenvalue weighted by atomic mass is 10.0. The second-order valence-electron chi connectivity index (χ2n) is 3.96. The van der Waals surface area contributed by atoms with Crippen LogP contribution in [0.3, 0.4) is 0 Å². The van der Waals surface area contributed by atoms with Crippen molar-refractivity contribution >= 4 is 0 Å². The van der Waals surface area contributed by atoms with Crippen molar-refractivity contribution in [3.05, 3.63) is 12.2 Å². The normalized spacial score (nSPS) is 22.5. The number of allylic oxidation sites excluding steroid dienone is 1. The summed E-state index contributed by atoms with van der Waals surface area (Å²) in [6.07, 6.45) is 11.4. The first-order valence-electron chi connectivity index (χ1n) is 5.79. The summed E-state index contributed by atoms with van der Waals surface area (Å²) in [4.78, 5) is 2.63. The Balaban J connectivity index is 2.41. The number of rotatable bonds is 5. The third-order valence-electron chi connectivity index (χ3n) is 2.72. The van der Waals surface area contributed by atoms with Gasteiger partial charge in [0.15, 0.2) is 0 Å². The van der Waals surface area contributed by atoms with E-state index < -0.39 is 0 Å². The summed E-state index contributed by atoms with van der Waals surface area (Å²) < 4.78 is 0. The second-order valence-corrected chi connectivity index (χ2v) is 3.96. The first-order chi connectivity index (χ1) is 6.38. The molecule has 0 aromatic rings. The lowest BCUT2D eigenvalue weighted by molar-refractivity contribution is 0.214. The van der Waals surface area contributed by atoms with E-state index in [9.17, 15) is 0 Å². The van der Waals surface area contributed by atoms with Crippen LogP contribution in [0.2, 0.25) is 0 Å². The van der Waals surface area contributed by atoms with E-state index in [1.165, 1.54) is 45.2 Å². The van der Waals surface area contributed by atoms with E-state index in [1.807, 2.05) is 0 Å². The molecule has 0 N–H and O–H groups in total. The molecule has 0 aromatic heterocycles. The Morgan fingerprint density at radius 2 is 1.92 bits per heavy atom. The Hall–Kier alpha value is -0.300. The van der Waals surface area contributed by atoms with Crippen molar-refractivity contribution in [2.24, 2.45) is 0 Å². The summed E-state index contributed by atoms with van der Waals surface area (Å²) in [5.41, 5.74) is 0. The van der Waals surface area contributed by atoms with Gasteiger partial charge in [0.25, 0.3) is 0 Å². The second kappa shape index (κ2) is 6.20. The van der Waals surface area contributed by atoms with Gasteiger partial charge in [-0.2, -0.15) is 0 Å². The van der Waals surface area contributed by atoms with Gasteiger partial charge in [-0.3, -0.25) is 4.90 Å². The molecule has 0 fully saturated rings. The van der Waals surface area contributed by atoms with E-state index in [2.05, 4.69) is 30.9 Å². The molecule has 13 heavy (non-hydrogen) atoms. The first kappa shape index (κ1) is 10.8. The van der Waals surface area contributed by atoms with Crippen LogP contribution in [0.25, 0.3) is 0 Å². The summed E-state index contributed by atoms with van der Waals surface area (Å²) in [7, 11) is 0. The van der Waals surface area contributed by atoms with Crippen molar-refractivity contribution in [3.63, 3.8) is 0 Å². The van der Waals surface area contributed by atoms with E-state index in [1.54, 1.807) is 0 Å². The van der Waals surface area contributed by atoms with Crippen LogP contribution in [0, 0.1) is 0 Å². The van der Waals surface area contributed by atoms with Crippen LogP contribution in [-0.2, 0) is 0 Å². The topological polar surface area (TPSA) is 3.24 Å². The molecule has 0 radical (unpaired) electrons. The summed E-state index contributed by atoms with van der Waals surface area (Å²) in [5, 5.41) is 0. The zero-order chi connectivity index (χ0) is 9.52. The van der Waals surface area contributed by atoms with E-state index in [0.717, 1.165) is 6.04 Å². The molecule has 0 aliphatic heterocycles. The maximum atomic E-state index is 2.63. The highest BCUT2D eigenvalue weighted by Gasteiger charge is 2.15. The summed E-state index contributed by atoms with van der Waals surface area (Å²) in [6.45, 7) is 7.08. The molecule has 76 valence electrons. The van der Waals surface area contributed by atoms with Crippen LogP contribution in [0.4, 0.5) is 0 Å². The van der Waals surface area contributed by atoms with Gasteiger partial charge in [0.2, 0.25) is 0 Å². The summed E-state index contributed by atoms with van der Waals surface area (Å²) in [5.74, 6) is 0. The lowest BCUT2D eigenvalue weighted by Gasteiger charge is -2.30. The maximum absolute atomic E-state index is 2.63. The molecule has 1 aliphatic carbocycles. The molecular formula is C12H23N. The molecule has 0 saturated carbocycles. The van der Waals surface area contributed by atoms with E-state index in [4.69, 9.17) is 0 Å². The minimum atomic E-state index is 0.744. The van der Waals surface area contributed by atoms with Crippen LogP contribution in [-0.4, -0.2) is 24.0 Å². The molecular weight excluding hydrogens is 158 g/mol. The molecule has 1 nitrogen and oxygen atoms in total. The number of hydrogen-bond donors (Lipinski definition) is 0. The van der Waals surface area contributed by atoms with Gasteiger partial charge in [-0.15, -0.1) is 0 Å². The molecule has 1 aliphatic rings. The van der Waals surface area contributed by atoms with Crippen LogP contribution >= 0.6 is 0 Å². The highest BCUT2D eigenvalue weighted by atomic mass is 15.1. The molecule has 0 amide bonds. The van der Waals surface area contributed by atoms with Gasteiger partial charge >= 0.3 is 0 Å². The molecule has 0 heterocycles. The lowest BCUT2D eigenvalue weighted by Crippen LogP contribution is -2.36. The molecule has 0 aromatic carbocycles. The Morgan fingerprint density at radius 3 is 2.38 bits per heavy atom. The molecule has 0 spiro atoms. The standard InChI is InChI=1S/C12H23N/c1-3-10-13(11-4-2)12-8-6-5-7-9-12/h6,8,12H,3-5,7,9-11H2,1-2H3/t12-/m0/s1. The Bertz CT molecular complexity index is 145. The van der Waals surface area contributed by atoms with Crippen molar-refractivity contribution in [2.45, 2.75) is 52.0 Å². The van der Waals surface area contributed by atoms with Crippen LogP contribution in [0.5, 0.6) is 0 Å². The largest absolute Gasteiger partial charge is 0.297 e.